The summed E-state index contributed by atoms with van der Waals surface area (Å²) in [6, 6.07) is 7.84. The maximum atomic E-state index is 12.7. The number of aromatic amines is 1. The van der Waals surface area contributed by atoms with Gasteiger partial charge in [-0.05, 0) is 50.5 Å². The lowest BCUT2D eigenvalue weighted by molar-refractivity contribution is 0.102. The molecule has 0 aromatic carbocycles. The molecule has 0 aliphatic heterocycles. The molecule has 1 aliphatic carbocycles. The number of nitrogens with zero attached hydrogens (tertiary/aromatic N) is 3. The fourth-order valence-electron chi connectivity index (χ4n) is 3.13. The summed E-state index contributed by atoms with van der Waals surface area (Å²) in [5, 5.41) is 10.1. The lowest BCUT2D eigenvalue weighted by atomic mass is 10.2. The van der Waals surface area contributed by atoms with E-state index >= 15 is 0 Å². The number of aromatic nitrogens is 4. The van der Waals surface area contributed by atoms with Crippen molar-refractivity contribution in [3.63, 3.8) is 0 Å². The van der Waals surface area contributed by atoms with Crippen LogP contribution in [0.2, 0.25) is 0 Å². The fraction of sp³-hybridized carbons (Fsp3) is 0.316. The number of hydrogen-bond acceptors (Lipinski definition) is 3. The van der Waals surface area contributed by atoms with E-state index in [1.165, 1.54) is 12.8 Å². The topological polar surface area (TPSA) is 75.6 Å². The van der Waals surface area contributed by atoms with Crippen molar-refractivity contribution < 1.29 is 4.79 Å². The van der Waals surface area contributed by atoms with Crippen LogP contribution in [0.4, 0.5) is 5.82 Å². The third kappa shape index (κ3) is 3.20. The van der Waals surface area contributed by atoms with Gasteiger partial charge in [-0.15, -0.1) is 0 Å². The number of nitrogens with one attached hydrogen (secondary N) is 2. The molecule has 0 radical (unpaired) electrons. The SMILES string of the molecule is Cc1cc(C(=O)Nc2cc(C3CC3)[nH]n2)c(C)n1Cc1ccncc1. The zero-order valence-electron chi connectivity index (χ0n) is 14.4. The molecule has 1 fully saturated rings. The van der Waals surface area contributed by atoms with Gasteiger partial charge in [0.05, 0.1) is 5.56 Å². The van der Waals surface area contributed by atoms with Crippen molar-refractivity contribution >= 4 is 11.7 Å². The van der Waals surface area contributed by atoms with Gasteiger partial charge in [0, 0.05) is 48.0 Å². The number of anilines is 1. The highest BCUT2D eigenvalue weighted by atomic mass is 16.1. The van der Waals surface area contributed by atoms with Gasteiger partial charge in [-0.25, -0.2) is 0 Å². The largest absolute Gasteiger partial charge is 0.344 e. The summed E-state index contributed by atoms with van der Waals surface area (Å²) in [4.78, 5) is 16.7. The first-order valence-electron chi connectivity index (χ1n) is 8.54. The Hall–Kier alpha value is -2.89. The Kier molecular flexibility index (Phi) is 3.87. The number of carbonyl (C=O) groups excluding carboxylic acids is 1. The Morgan fingerprint density at radius 3 is 2.76 bits per heavy atom. The molecule has 0 unspecified atom stereocenters. The Morgan fingerprint density at radius 1 is 1.28 bits per heavy atom. The quantitative estimate of drug-likeness (QED) is 0.750. The van der Waals surface area contributed by atoms with E-state index in [0.717, 1.165) is 29.2 Å². The predicted molar refractivity (Wildman–Crippen MR) is 95.8 cm³/mol. The van der Waals surface area contributed by atoms with Gasteiger partial charge in [0.1, 0.15) is 0 Å². The number of aryl methyl sites for hydroxylation is 1. The molecule has 1 amide bonds. The van der Waals surface area contributed by atoms with Crippen LogP contribution >= 0.6 is 0 Å². The van der Waals surface area contributed by atoms with Crippen LogP contribution in [0.25, 0.3) is 0 Å². The Morgan fingerprint density at radius 2 is 2.04 bits per heavy atom. The number of rotatable bonds is 5. The molecule has 6 heteroatoms. The normalized spacial score (nSPS) is 13.8. The van der Waals surface area contributed by atoms with E-state index in [9.17, 15) is 4.79 Å². The van der Waals surface area contributed by atoms with Crippen molar-refractivity contribution in [2.75, 3.05) is 5.32 Å². The summed E-state index contributed by atoms with van der Waals surface area (Å²) in [5.41, 5.74) is 4.95. The van der Waals surface area contributed by atoms with Crippen LogP contribution in [0.3, 0.4) is 0 Å². The standard InChI is InChI=1S/C19H21N5O/c1-12-9-16(13(2)24(12)11-14-5-7-20-8-6-14)19(25)21-18-10-17(22-23-18)15-3-4-15/h5-10,15H,3-4,11H2,1-2H3,(H2,21,22,23,25). The third-order valence-corrected chi connectivity index (χ3v) is 4.76. The molecule has 3 aromatic heterocycles. The molecular formula is C19H21N5O. The molecule has 3 aromatic rings. The minimum Gasteiger partial charge on any atom is -0.344 e. The van der Waals surface area contributed by atoms with Gasteiger partial charge in [0.2, 0.25) is 0 Å². The molecule has 0 atom stereocenters. The Labute approximate surface area is 146 Å². The summed E-state index contributed by atoms with van der Waals surface area (Å²) in [6.45, 7) is 4.72. The number of H-pyrrole nitrogens is 1. The summed E-state index contributed by atoms with van der Waals surface area (Å²) >= 11 is 0. The van der Waals surface area contributed by atoms with E-state index in [2.05, 4.69) is 25.1 Å². The van der Waals surface area contributed by atoms with Crippen molar-refractivity contribution in [1.29, 1.82) is 0 Å². The summed E-state index contributed by atoms with van der Waals surface area (Å²) in [5.74, 6) is 1.05. The van der Waals surface area contributed by atoms with Gasteiger partial charge in [0.15, 0.2) is 5.82 Å². The van der Waals surface area contributed by atoms with E-state index in [1.54, 1.807) is 12.4 Å². The minimum atomic E-state index is -0.122. The number of hydrogen-bond donors (Lipinski definition) is 2. The summed E-state index contributed by atoms with van der Waals surface area (Å²) in [7, 11) is 0. The molecule has 25 heavy (non-hydrogen) atoms. The van der Waals surface area contributed by atoms with Crippen molar-refractivity contribution in [3.05, 3.63) is 64.9 Å². The van der Waals surface area contributed by atoms with E-state index < -0.39 is 0 Å². The van der Waals surface area contributed by atoms with Gasteiger partial charge in [-0.2, -0.15) is 5.10 Å². The van der Waals surface area contributed by atoms with Crippen LogP contribution in [-0.2, 0) is 6.54 Å². The van der Waals surface area contributed by atoms with Crippen LogP contribution < -0.4 is 5.32 Å². The molecule has 2 N–H and O–H groups in total. The lowest BCUT2D eigenvalue weighted by Crippen LogP contribution is -2.13. The highest BCUT2D eigenvalue weighted by Gasteiger charge is 2.26. The number of pyridine rings is 1. The highest BCUT2D eigenvalue weighted by Crippen LogP contribution is 2.39. The van der Waals surface area contributed by atoms with Crippen LogP contribution in [0.15, 0.2) is 36.7 Å². The third-order valence-electron chi connectivity index (χ3n) is 4.76. The predicted octanol–water partition coefficient (Wildman–Crippen LogP) is 3.40. The van der Waals surface area contributed by atoms with Crippen molar-refractivity contribution in [3.8, 4) is 0 Å². The second-order valence-corrected chi connectivity index (χ2v) is 6.66. The summed E-state index contributed by atoms with van der Waals surface area (Å²) < 4.78 is 2.14. The van der Waals surface area contributed by atoms with E-state index in [0.29, 0.717) is 17.3 Å². The van der Waals surface area contributed by atoms with Crippen molar-refractivity contribution in [2.24, 2.45) is 0 Å². The van der Waals surface area contributed by atoms with Gasteiger partial charge < -0.3 is 9.88 Å². The monoisotopic (exact) mass is 335 g/mol. The van der Waals surface area contributed by atoms with Gasteiger partial charge in [0.25, 0.3) is 5.91 Å². The first-order chi connectivity index (χ1) is 12.1. The molecule has 1 saturated carbocycles. The molecule has 4 rings (SSSR count). The van der Waals surface area contributed by atoms with E-state index in [-0.39, 0.29) is 5.91 Å². The Balaban J connectivity index is 1.53. The molecule has 1 aliphatic rings. The lowest BCUT2D eigenvalue weighted by Gasteiger charge is -2.09. The molecule has 6 nitrogen and oxygen atoms in total. The average molecular weight is 335 g/mol. The van der Waals surface area contributed by atoms with E-state index in [4.69, 9.17) is 0 Å². The maximum absolute atomic E-state index is 12.7. The fourth-order valence-corrected chi connectivity index (χ4v) is 3.13. The first kappa shape index (κ1) is 15.6. The molecule has 128 valence electrons. The van der Waals surface area contributed by atoms with Gasteiger partial charge in [-0.1, -0.05) is 0 Å². The highest BCUT2D eigenvalue weighted by molar-refractivity contribution is 6.04. The second-order valence-electron chi connectivity index (χ2n) is 6.66. The Bertz CT molecular complexity index is 905. The van der Waals surface area contributed by atoms with Crippen molar-refractivity contribution in [2.45, 2.75) is 39.2 Å². The number of carbonyl (C=O) groups is 1. The van der Waals surface area contributed by atoms with Crippen LogP contribution in [0, 0.1) is 13.8 Å². The average Bonchev–Trinajstić information content (AvgIpc) is 3.30. The second kappa shape index (κ2) is 6.20. The van der Waals surface area contributed by atoms with Crippen LogP contribution in [0.1, 0.15) is 51.8 Å². The number of amides is 1. The first-order valence-corrected chi connectivity index (χ1v) is 8.54. The van der Waals surface area contributed by atoms with Crippen LogP contribution in [0.5, 0.6) is 0 Å². The smallest absolute Gasteiger partial charge is 0.258 e. The van der Waals surface area contributed by atoms with Gasteiger partial charge >= 0.3 is 0 Å². The zero-order chi connectivity index (χ0) is 17.4. The molecule has 0 spiro atoms. The van der Waals surface area contributed by atoms with E-state index in [1.807, 2.05) is 38.1 Å². The molecule has 0 bridgehead atoms. The summed E-state index contributed by atoms with van der Waals surface area (Å²) in [6.07, 6.45) is 5.97. The molecule has 3 heterocycles. The maximum Gasteiger partial charge on any atom is 0.258 e. The minimum absolute atomic E-state index is 0.122. The molecule has 0 saturated heterocycles. The van der Waals surface area contributed by atoms with Crippen molar-refractivity contribution in [1.82, 2.24) is 19.7 Å². The molecular weight excluding hydrogens is 314 g/mol. The van der Waals surface area contributed by atoms with Gasteiger partial charge in [-0.3, -0.25) is 14.9 Å². The zero-order valence-corrected chi connectivity index (χ0v) is 14.4. The van der Waals surface area contributed by atoms with Crippen LogP contribution in [-0.4, -0.2) is 25.7 Å².